The van der Waals surface area contributed by atoms with Crippen LogP contribution in [0.3, 0.4) is 0 Å². The zero-order valence-electron chi connectivity index (χ0n) is 11.2. The Kier molecular flexibility index (Phi) is 4.01. The van der Waals surface area contributed by atoms with Gasteiger partial charge in [0.2, 0.25) is 5.95 Å². The monoisotopic (exact) mass is 280 g/mol. The van der Waals surface area contributed by atoms with Crippen LogP contribution in [0.25, 0.3) is 0 Å². The molecule has 1 aromatic rings. The van der Waals surface area contributed by atoms with E-state index in [4.69, 9.17) is 0 Å². The van der Waals surface area contributed by atoms with Gasteiger partial charge in [0.15, 0.2) is 0 Å². The molecule has 108 valence electrons. The Hall–Kier alpha value is -1.98. The molecule has 0 saturated heterocycles. The minimum absolute atomic E-state index is 0.197. The molecule has 5 nitrogen and oxygen atoms in total. The standard InChI is InChI=1S/C14H17FN2O3/c1-9-5-2-3-7-14(9,13(19)20)17-12(18)10-6-4-8-16-11(10)15/h4,6,8-9H,2-3,5,7H2,1H3,(H,17,18)(H,19,20). The maximum atomic E-state index is 13.5. The molecule has 1 aliphatic carbocycles. The quantitative estimate of drug-likeness (QED) is 0.830. The number of nitrogens with zero attached hydrogens (tertiary/aromatic N) is 1. The summed E-state index contributed by atoms with van der Waals surface area (Å²) in [6.45, 7) is 1.80. The van der Waals surface area contributed by atoms with Crippen LogP contribution in [-0.4, -0.2) is 27.5 Å². The molecule has 2 unspecified atom stereocenters. The Morgan fingerprint density at radius 1 is 1.50 bits per heavy atom. The van der Waals surface area contributed by atoms with Crippen molar-refractivity contribution in [1.29, 1.82) is 0 Å². The number of nitrogens with one attached hydrogen (secondary N) is 1. The number of aliphatic carboxylic acids is 1. The maximum absolute atomic E-state index is 13.5. The van der Waals surface area contributed by atoms with E-state index in [0.717, 1.165) is 19.3 Å². The number of aromatic nitrogens is 1. The van der Waals surface area contributed by atoms with Crippen LogP contribution in [0.5, 0.6) is 0 Å². The van der Waals surface area contributed by atoms with Gasteiger partial charge in [-0.25, -0.2) is 9.78 Å². The molecule has 1 aliphatic rings. The second-order valence-corrected chi connectivity index (χ2v) is 5.22. The lowest BCUT2D eigenvalue weighted by Crippen LogP contribution is -2.60. The van der Waals surface area contributed by atoms with E-state index >= 15 is 0 Å². The van der Waals surface area contributed by atoms with Crippen molar-refractivity contribution in [2.75, 3.05) is 0 Å². The summed E-state index contributed by atoms with van der Waals surface area (Å²) in [5.74, 6) is -2.89. The molecule has 0 bridgehead atoms. The topological polar surface area (TPSA) is 79.3 Å². The third-order valence-electron chi connectivity index (χ3n) is 4.02. The average Bonchev–Trinajstić information content (AvgIpc) is 2.41. The van der Waals surface area contributed by atoms with Gasteiger partial charge in [-0.1, -0.05) is 19.8 Å². The van der Waals surface area contributed by atoms with Crippen LogP contribution in [0.4, 0.5) is 4.39 Å². The van der Waals surface area contributed by atoms with Crippen molar-refractivity contribution in [3.8, 4) is 0 Å². The highest BCUT2D eigenvalue weighted by atomic mass is 19.1. The summed E-state index contributed by atoms with van der Waals surface area (Å²) >= 11 is 0. The first-order chi connectivity index (χ1) is 9.47. The summed E-state index contributed by atoms with van der Waals surface area (Å²) in [6, 6.07) is 2.73. The van der Waals surface area contributed by atoms with Gasteiger partial charge >= 0.3 is 5.97 Å². The minimum Gasteiger partial charge on any atom is -0.479 e. The molecule has 6 heteroatoms. The first kappa shape index (κ1) is 14.4. The third kappa shape index (κ3) is 2.50. The molecule has 20 heavy (non-hydrogen) atoms. The van der Waals surface area contributed by atoms with Crippen molar-refractivity contribution in [3.05, 3.63) is 29.8 Å². The summed E-state index contributed by atoms with van der Waals surface area (Å²) < 4.78 is 13.5. The molecule has 0 aliphatic heterocycles. The van der Waals surface area contributed by atoms with Gasteiger partial charge in [0.05, 0.1) is 5.56 Å². The molecule has 2 rings (SSSR count). The highest BCUT2D eigenvalue weighted by Gasteiger charge is 2.46. The fourth-order valence-corrected chi connectivity index (χ4v) is 2.73. The molecule has 1 saturated carbocycles. The summed E-state index contributed by atoms with van der Waals surface area (Å²) in [6.07, 6.45) is 3.99. The Morgan fingerprint density at radius 3 is 2.85 bits per heavy atom. The van der Waals surface area contributed by atoms with Crippen LogP contribution in [-0.2, 0) is 4.79 Å². The molecule has 1 amide bonds. The van der Waals surface area contributed by atoms with Crippen LogP contribution in [0.15, 0.2) is 18.3 Å². The molecule has 0 aromatic carbocycles. The van der Waals surface area contributed by atoms with Crippen LogP contribution < -0.4 is 5.32 Å². The molecular formula is C14H17FN2O3. The maximum Gasteiger partial charge on any atom is 0.329 e. The fraction of sp³-hybridized carbons (Fsp3) is 0.500. The van der Waals surface area contributed by atoms with Gasteiger partial charge in [0.1, 0.15) is 5.54 Å². The van der Waals surface area contributed by atoms with Crippen LogP contribution in [0.2, 0.25) is 0 Å². The number of halogens is 1. The van der Waals surface area contributed by atoms with Gasteiger partial charge in [-0.3, -0.25) is 4.79 Å². The van der Waals surface area contributed by atoms with Gasteiger partial charge in [0.25, 0.3) is 5.91 Å². The predicted octanol–water partition coefficient (Wildman–Crippen LogP) is 1.98. The van der Waals surface area contributed by atoms with Gasteiger partial charge in [-0.2, -0.15) is 4.39 Å². The first-order valence-electron chi connectivity index (χ1n) is 6.64. The van der Waals surface area contributed by atoms with E-state index in [-0.39, 0.29) is 11.5 Å². The summed E-state index contributed by atoms with van der Waals surface area (Å²) in [5.41, 5.74) is -1.55. The predicted molar refractivity (Wildman–Crippen MR) is 69.7 cm³/mol. The smallest absolute Gasteiger partial charge is 0.329 e. The number of carbonyl (C=O) groups excluding carboxylic acids is 1. The van der Waals surface area contributed by atoms with Gasteiger partial charge in [-0.15, -0.1) is 0 Å². The number of carbonyl (C=O) groups is 2. The highest BCUT2D eigenvalue weighted by Crippen LogP contribution is 2.34. The lowest BCUT2D eigenvalue weighted by molar-refractivity contribution is -0.148. The summed E-state index contributed by atoms with van der Waals surface area (Å²) in [5, 5.41) is 12.0. The molecule has 1 aromatic heterocycles. The van der Waals surface area contributed by atoms with Gasteiger partial charge in [0, 0.05) is 6.20 Å². The Labute approximate surface area is 116 Å². The second-order valence-electron chi connectivity index (χ2n) is 5.22. The van der Waals surface area contributed by atoms with E-state index in [9.17, 15) is 19.1 Å². The molecule has 2 atom stereocenters. The van der Waals surface area contributed by atoms with Gasteiger partial charge in [-0.05, 0) is 30.9 Å². The lowest BCUT2D eigenvalue weighted by atomic mass is 9.73. The number of pyridine rings is 1. The second kappa shape index (κ2) is 5.56. The zero-order valence-corrected chi connectivity index (χ0v) is 11.2. The van der Waals surface area contributed by atoms with Crippen molar-refractivity contribution in [1.82, 2.24) is 10.3 Å². The van der Waals surface area contributed by atoms with E-state index in [0.29, 0.717) is 6.42 Å². The van der Waals surface area contributed by atoms with E-state index in [1.54, 1.807) is 6.92 Å². The number of carboxylic acid groups (broad SMARTS) is 1. The van der Waals surface area contributed by atoms with Gasteiger partial charge < -0.3 is 10.4 Å². The summed E-state index contributed by atoms with van der Waals surface area (Å²) in [4.78, 5) is 27.2. The lowest BCUT2D eigenvalue weighted by Gasteiger charge is -2.39. The van der Waals surface area contributed by atoms with E-state index in [1.807, 2.05) is 0 Å². The molecule has 0 radical (unpaired) electrons. The van der Waals surface area contributed by atoms with E-state index in [1.165, 1.54) is 18.3 Å². The number of hydrogen-bond donors (Lipinski definition) is 2. The minimum atomic E-state index is -1.32. The number of amides is 1. The largest absolute Gasteiger partial charge is 0.479 e. The molecule has 1 heterocycles. The number of carboxylic acids is 1. The van der Waals surface area contributed by atoms with E-state index in [2.05, 4.69) is 10.3 Å². The van der Waals surface area contributed by atoms with Crippen molar-refractivity contribution in [2.24, 2.45) is 5.92 Å². The van der Waals surface area contributed by atoms with Crippen LogP contribution in [0, 0.1) is 11.9 Å². The SMILES string of the molecule is CC1CCCCC1(NC(=O)c1cccnc1F)C(=O)O. The average molecular weight is 280 g/mol. The Bertz CT molecular complexity index is 535. The third-order valence-corrected chi connectivity index (χ3v) is 4.02. The molecule has 0 spiro atoms. The van der Waals surface area contributed by atoms with Crippen molar-refractivity contribution >= 4 is 11.9 Å². The van der Waals surface area contributed by atoms with Crippen LogP contribution in [0.1, 0.15) is 43.0 Å². The van der Waals surface area contributed by atoms with E-state index < -0.39 is 23.4 Å². The fourth-order valence-electron chi connectivity index (χ4n) is 2.73. The Balaban J connectivity index is 2.27. The summed E-state index contributed by atoms with van der Waals surface area (Å²) in [7, 11) is 0. The van der Waals surface area contributed by atoms with Crippen molar-refractivity contribution in [3.63, 3.8) is 0 Å². The zero-order chi connectivity index (χ0) is 14.8. The number of rotatable bonds is 3. The Morgan fingerprint density at radius 2 is 2.25 bits per heavy atom. The first-order valence-corrected chi connectivity index (χ1v) is 6.64. The van der Waals surface area contributed by atoms with Crippen molar-refractivity contribution in [2.45, 2.75) is 38.1 Å². The van der Waals surface area contributed by atoms with Crippen molar-refractivity contribution < 1.29 is 19.1 Å². The molecular weight excluding hydrogens is 263 g/mol. The van der Waals surface area contributed by atoms with Crippen LogP contribution >= 0.6 is 0 Å². The molecule has 2 N–H and O–H groups in total. The molecule has 1 fully saturated rings. The normalized spacial score (nSPS) is 26.0. The highest BCUT2D eigenvalue weighted by molar-refractivity contribution is 5.98. The number of hydrogen-bond acceptors (Lipinski definition) is 3.